The van der Waals surface area contributed by atoms with Crippen molar-refractivity contribution in [2.45, 2.75) is 51.1 Å². The van der Waals surface area contributed by atoms with Crippen LogP contribution in [0.5, 0.6) is 0 Å². The van der Waals surface area contributed by atoms with Crippen molar-refractivity contribution >= 4 is 22.7 Å². The highest BCUT2D eigenvalue weighted by Gasteiger charge is 2.34. The van der Waals surface area contributed by atoms with Crippen LogP contribution in [-0.2, 0) is 4.79 Å². The van der Waals surface area contributed by atoms with Crippen molar-refractivity contribution < 1.29 is 9.21 Å². The van der Waals surface area contributed by atoms with Gasteiger partial charge in [-0.05, 0) is 43.7 Å². The maximum absolute atomic E-state index is 12.3. The second-order valence-corrected chi connectivity index (χ2v) is 6.64. The van der Waals surface area contributed by atoms with E-state index in [1.807, 2.05) is 25.1 Å². The molecule has 5 nitrogen and oxygen atoms in total. The van der Waals surface area contributed by atoms with E-state index in [1.54, 1.807) is 0 Å². The first-order chi connectivity index (χ1) is 10.7. The number of nitrogens with zero attached hydrogens (tertiary/aromatic N) is 1. The number of oxazole rings is 1. The number of carbonyl (C=O) groups excluding carboxylic acids is 1. The number of hydrogen-bond acceptors (Lipinski definition) is 4. The van der Waals surface area contributed by atoms with Gasteiger partial charge in [-0.15, -0.1) is 0 Å². The summed E-state index contributed by atoms with van der Waals surface area (Å²) < 4.78 is 5.51. The lowest BCUT2D eigenvalue weighted by Gasteiger charge is -2.28. The van der Waals surface area contributed by atoms with Crippen molar-refractivity contribution in [2.75, 3.05) is 5.32 Å². The third-order valence-electron chi connectivity index (χ3n) is 4.82. The number of piperidine rings is 1. The molecule has 116 valence electrons. The second-order valence-electron chi connectivity index (χ2n) is 6.64. The molecule has 2 saturated heterocycles. The average Bonchev–Trinajstić information content (AvgIpc) is 2.99. The maximum Gasteiger partial charge on any atom is 0.224 e. The number of hydrogen-bond donors (Lipinski definition) is 2. The quantitative estimate of drug-likeness (QED) is 0.914. The van der Waals surface area contributed by atoms with Crippen LogP contribution < -0.4 is 10.6 Å². The smallest absolute Gasteiger partial charge is 0.224 e. The molecule has 22 heavy (non-hydrogen) atoms. The van der Waals surface area contributed by atoms with Gasteiger partial charge in [0.15, 0.2) is 11.5 Å². The van der Waals surface area contributed by atoms with E-state index in [1.165, 1.54) is 12.8 Å². The number of anilines is 1. The Kier molecular flexibility index (Phi) is 3.37. The Morgan fingerprint density at radius 2 is 2.14 bits per heavy atom. The number of carbonyl (C=O) groups is 1. The third-order valence-corrected chi connectivity index (χ3v) is 4.82. The number of amides is 1. The van der Waals surface area contributed by atoms with Crippen LogP contribution in [0.15, 0.2) is 22.6 Å². The highest BCUT2D eigenvalue weighted by Crippen LogP contribution is 2.32. The minimum atomic E-state index is 0.0990. The summed E-state index contributed by atoms with van der Waals surface area (Å²) in [5.74, 6) is 1.25. The minimum absolute atomic E-state index is 0.0990. The molecule has 2 aliphatic rings. The molecule has 1 amide bonds. The highest BCUT2D eigenvalue weighted by atomic mass is 16.3. The monoisotopic (exact) mass is 299 g/mol. The molecule has 0 saturated carbocycles. The van der Waals surface area contributed by atoms with E-state index >= 15 is 0 Å². The lowest BCUT2D eigenvalue weighted by atomic mass is 9.89. The van der Waals surface area contributed by atoms with E-state index < -0.39 is 0 Å². The lowest BCUT2D eigenvalue weighted by Crippen LogP contribution is -2.39. The molecule has 2 bridgehead atoms. The molecule has 2 N–H and O–H groups in total. The first kappa shape index (κ1) is 13.8. The Morgan fingerprint density at radius 3 is 2.91 bits per heavy atom. The van der Waals surface area contributed by atoms with Crippen molar-refractivity contribution in [3.05, 3.63) is 24.1 Å². The summed E-state index contributed by atoms with van der Waals surface area (Å²) >= 11 is 0. The molecule has 1 aromatic heterocycles. The van der Waals surface area contributed by atoms with Gasteiger partial charge < -0.3 is 15.1 Å². The van der Waals surface area contributed by atoms with Crippen molar-refractivity contribution in [1.82, 2.24) is 10.3 Å². The fraction of sp³-hybridized carbons (Fsp3) is 0.529. The Morgan fingerprint density at radius 1 is 1.36 bits per heavy atom. The summed E-state index contributed by atoms with van der Waals surface area (Å²) in [5, 5.41) is 6.61. The van der Waals surface area contributed by atoms with Crippen molar-refractivity contribution in [3.8, 4) is 0 Å². The molecular weight excluding hydrogens is 278 g/mol. The largest absolute Gasteiger partial charge is 0.441 e. The Labute approximate surface area is 129 Å². The van der Waals surface area contributed by atoms with Crippen LogP contribution in [0.2, 0.25) is 0 Å². The van der Waals surface area contributed by atoms with E-state index in [9.17, 15) is 4.79 Å². The first-order valence-electron chi connectivity index (χ1n) is 8.09. The maximum atomic E-state index is 12.3. The zero-order valence-electron chi connectivity index (χ0n) is 12.8. The van der Waals surface area contributed by atoms with Gasteiger partial charge >= 0.3 is 0 Å². The van der Waals surface area contributed by atoms with E-state index in [0.29, 0.717) is 30.3 Å². The van der Waals surface area contributed by atoms with E-state index in [0.717, 1.165) is 29.6 Å². The molecule has 5 heteroatoms. The zero-order chi connectivity index (χ0) is 15.1. The summed E-state index contributed by atoms with van der Waals surface area (Å²) in [6.07, 6.45) is 5.41. The fourth-order valence-electron chi connectivity index (χ4n) is 3.93. The molecule has 0 radical (unpaired) electrons. The van der Waals surface area contributed by atoms with Crippen LogP contribution in [0, 0.1) is 12.8 Å². The number of rotatable bonds is 3. The normalized spacial score (nSPS) is 27.2. The van der Waals surface area contributed by atoms with E-state index in [4.69, 9.17) is 4.42 Å². The molecular formula is C17H21N3O2. The van der Waals surface area contributed by atoms with Crippen LogP contribution in [0.4, 0.5) is 5.69 Å². The van der Waals surface area contributed by atoms with Gasteiger partial charge in [0.2, 0.25) is 5.91 Å². The molecule has 1 aromatic carbocycles. The SMILES string of the molecule is Cc1nc2ccc(NC(=O)CC3CC4CCC(C3)N4)cc2o1. The molecule has 4 rings (SSSR count). The standard InChI is InChI=1S/C17H21N3O2/c1-10-18-15-5-4-14(9-16(15)22-10)20-17(21)8-11-6-12-2-3-13(7-11)19-12/h4-5,9,11-13,19H,2-3,6-8H2,1H3,(H,20,21). The highest BCUT2D eigenvalue weighted by molar-refractivity contribution is 5.92. The number of fused-ring (bicyclic) bond motifs is 3. The summed E-state index contributed by atoms with van der Waals surface area (Å²) in [5.41, 5.74) is 2.33. The van der Waals surface area contributed by atoms with Crippen molar-refractivity contribution in [1.29, 1.82) is 0 Å². The minimum Gasteiger partial charge on any atom is -0.441 e. The molecule has 0 aliphatic carbocycles. The second kappa shape index (κ2) is 5.39. The first-order valence-corrected chi connectivity index (χ1v) is 8.09. The van der Waals surface area contributed by atoms with Gasteiger partial charge in [0.1, 0.15) is 5.52 Å². The lowest BCUT2D eigenvalue weighted by molar-refractivity contribution is -0.117. The molecule has 3 heterocycles. The van der Waals surface area contributed by atoms with Gasteiger partial charge in [-0.25, -0.2) is 4.98 Å². The molecule has 2 aromatic rings. The molecule has 2 fully saturated rings. The van der Waals surface area contributed by atoms with Gasteiger partial charge in [-0.3, -0.25) is 4.79 Å². The number of benzene rings is 1. The zero-order valence-corrected chi connectivity index (χ0v) is 12.8. The summed E-state index contributed by atoms with van der Waals surface area (Å²) in [4.78, 5) is 16.5. The number of aryl methyl sites for hydroxylation is 1. The van der Waals surface area contributed by atoms with Crippen molar-refractivity contribution in [3.63, 3.8) is 0 Å². The third kappa shape index (κ3) is 2.73. The van der Waals surface area contributed by atoms with E-state index in [2.05, 4.69) is 15.6 Å². The van der Waals surface area contributed by atoms with Gasteiger partial charge in [0, 0.05) is 37.2 Å². The number of aromatic nitrogens is 1. The Hall–Kier alpha value is -1.88. The molecule has 2 aliphatic heterocycles. The van der Waals surface area contributed by atoms with Gasteiger partial charge in [0.05, 0.1) is 0 Å². The summed E-state index contributed by atoms with van der Waals surface area (Å²) in [7, 11) is 0. The molecule has 2 atom stereocenters. The number of nitrogens with one attached hydrogen (secondary N) is 2. The predicted molar refractivity (Wildman–Crippen MR) is 84.7 cm³/mol. The predicted octanol–water partition coefficient (Wildman–Crippen LogP) is 3.00. The van der Waals surface area contributed by atoms with Crippen LogP contribution in [-0.4, -0.2) is 23.0 Å². The average molecular weight is 299 g/mol. The van der Waals surface area contributed by atoms with Crippen LogP contribution in [0.3, 0.4) is 0 Å². The van der Waals surface area contributed by atoms with Gasteiger partial charge in [-0.1, -0.05) is 0 Å². The Bertz CT molecular complexity index is 697. The summed E-state index contributed by atoms with van der Waals surface area (Å²) in [6, 6.07) is 6.87. The topological polar surface area (TPSA) is 67.2 Å². The molecule has 2 unspecified atom stereocenters. The Balaban J connectivity index is 1.40. The fourth-order valence-corrected chi connectivity index (χ4v) is 3.93. The van der Waals surface area contributed by atoms with Crippen LogP contribution >= 0.6 is 0 Å². The van der Waals surface area contributed by atoms with Gasteiger partial charge in [0.25, 0.3) is 0 Å². The van der Waals surface area contributed by atoms with E-state index in [-0.39, 0.29) is 5.91 Å². The van der Waals surface area contributed by atoms with Crippen LogP contribution in [0.25, 0.3) is 11.1 Å². The van der Waals surface area contributed by atoms with Crippen LogP contribution in [0.1, 0.15) is 38.0 Å². The van der Waals surface area contributed by atoms with Gasteiger partial charge in [-0.2, -0.15) is 0 Å². The molecule has 0 spiro atoms. The summed E-state index contributed by atoms with van der Waals surface area (Å²) in [6.45, 7) is 1.82. The van der Waals surface area contributed by atoms with Crippen molar-refractivity contribution in [2.24, 2.45) is 5.92 Å².